The summed E-state index contributed by atoms with van der Waals surface area (Å²) in [6, 6.07) is 0. The van der Waals surface area contributed by atoms with E-state index in [9.17, 15) is 15.0 Å². The van der Waals surface area contributed by atoms with Gasteiger partial charge >= 0.3 is 5.97 Å². The van der Waals surface area contributed by atoms with Crippen LogP contribution in [0.5, 0.6) is 0 Å². The molecule has 170 valence electrons. The summed E-state index contributed by atoms with van der Waals surface area (Å²) < 4.78 is 0. The van der Waals surface area contributed by atoms with Gasteiger partial charge in [-0.1, -0.05) is 26.8 Å². The van der Waals surface area contributed by atoms with E-state index in [1.165, 1.54) is 18.4 Å². The molecule has 0 heterocycles. The Morgan fingerprint density at radius 2 is 1.77 bits per heavy atom. The molecular weight excluding hydrogens is 376 g/mol. The quantitative estimate of drug-likeness (QED) is 0.559. The Balaban J connectivity index is 1.63. The van der Waals surface area contributed by atoms with Crippen LogP contribution in [0.3, 0.4) is 0 Å². The molecule has 30 heavy (non-hydrogen) atoms. The second kappa shape index (κ2) is 7.92. The fourth-order valence-corrected chi connectivity index (χ4v) is 9.00. The zero-order valence-corrected chi connectivity index (χ0v) is 19.3. The Hall–Kier alpha value is -0.870. The van der Waals surface area contributed by atoms with E-state index in [1.54, 1.807) is 0 Å². The topological polar surface area (TPSA) is 77.8 Å². The van der Waals surface area contributed by atoms with Crippen LogP contribution in [0.15, 0.2) is 11.6 Å². The number of carboxylic acids is 1. The number of carbonyl (C=O) groups is 1. The molecule has 0 amide bonds. The summed E-state index contributed by atoms with van der Waals surface area (Å²) in [5.41, 5.74) is 1.57. The van der Waals surface area contributed by atoms with Crippen LogP contribution in [0, 0.1) is 46.3 Å². The number of hydrogen-bond acceptors (Lipinski definition) is 3. The SMILES string of the molecule is CC=C1[C@H](O)[C@@H]2[C@H](CC[C@]3(C)[C@@H]([C@H](C)CCC(=O)O)CC[C@@H]23)[C@@]2(C)CC[C@@H](O)C[C@@H]12. The van der Waals surface area contributed by atoms with Crippen molar-refractivity contribution in [3.8, 4) is 0 Å². The summed E-state index contributed by atoms with van der Waals surface area (Å²) in [5.74, 6) is 1.94. The van der Waals surface area contributed by atoms with Gasteiger partial charge < -0.3 is 15.3 Å². The van der Waals surface area contributed by atoms with Crippen molar-refractivity contribution in [2.24, 2.45) is 46.3 Å². The van der Waals surface area contributed by atoms with Gasteiger partial charge in [0.2, 0.25) is 0 Å². The first kappa shape index (κ1) is 22.3. The molecule has 0 aliphatic heterocycles. The van der Waals surface area contributed by atoms with Crippen molar-refractivity contribution in [2.45, 2.75) is 97.7 Å². The molecule has 4 heteroatoms. The molecule has 4 saturated carbocycles. The lowest BCUT2D eigenvalue weighted by atomic mass is 9.42. The number of rotatable bonds is 4. The summed E-state index contributed by atoms with van der Waals surface area (Å²) in [4.78, 5) is 11.1. The molecule has 0 aromatic carbocycles. The number of fused-ring (bicyclic) bond motifs is 5. The van der Waals surface area contributed by atoms with Crippen LogP contribution < -0.4 is 0 Å². The van der Waals surface area contributed by atoms with Gasteiger partial charge in [0, 0.05) is 6.42 Å². The van der Waals surface area contributed by atoms with Gasteiger partial charge in [-0.05, 0) is 110 Å². The highest BCUT2D eigenvalue weighted by Gasteiger charge is 2.63. The third-order valence-electron chi connectivity index (χ3n) is 10.5. The van der Waals surface area contributed by atoms with E-state index in [4.69, 9.17) is 5.11 Å². The third-order valence-corrected chi connectivity index (χ3v) is 10.5. The van der Waals surface area contributed by atoms with Crippen LogP contribution in [0.4, 0.5) is 0 Å². The summed E-state index contributed by atoms with van der Waals surface area (Å²) in [7, 11) is 0. The highest BCUT2D eigenvalue weighted by Crippen LogP contribution is 2.69. The van der Waals surface area contributed by atoms with E-state index >= 15 is 0 Å². The smallest absolute Gasteiger partial charge is 0.303 e. The number of aliphatic hydroxyl groups excluding tert-OH is 2. The highest BCUT2D eigenvalue weighted by molar-refractivity contribution is 5.66. The third kappa shape index (κ3) is 3.28. The summed E-state index contributed by atoms with van der Waals surface area (Å²) in [5, 5.41) is 31.2. The molecule has 4 aliphatic rings. The first-order valence-corrected chi connectivity index (χ1v) is 12.4. The monoisotopic (exact) mass is 418 g/mol. The first-order chi connectivity index (χ1) is 14.1. The second-order valence-corrected chi connectivity index (χ2v) is 11.6. The number of carboxylic acid groups (broad SMARTS) is 1. The number of aliphatic carboxylic acids is 1. The van der Waals surface area contributed by atoms with Gasteiger partial charge in [-0.25, -0.2) is 0 Å². The average molecular weight is 419 g/mol. The van der Waals surface area contributed by atoms with Crippen LogP contribution in [0.2, 0.25) is 0 Å². The largest absolute Gasteiger partial charge is 0.481 e. The average Bonchev–Trinajstić information content (AvgIpc) is 3.05. The first-order valence-electron chi connectivity index (χ1n) is 12.4. The van der Waals surface area contributed by atoms with Crippen molar-refractivity contribution in [1.82, 2.24) is 0 Å². The molecule has 4 aliphatic carbocycles. The van der Waals surface area contributed by atoms with Crippen molar-refractivity contribution >= 4 is 5.97 Å². The normalized spacial score (nSPS) is 50.5. The zero-order valence-electron chi connectivity index (χ0n) is 19.3. The lowest BCUT2D eigenvalue weighted by Gasteiger charge is -2.63. The minimum atomic E-state index is -0.691. The van der Waals surface area contributed by atoms with E-state index in [0.29, 0.717) is 35.5 Å². The molecular formula is C26H42O4. The van der Waals surface area contributed by atoms with Crippen LogP contribution in [0.1, 0.15) is 85.5 Å². The molecule has 0 bridgehead atoms. The van der Waals surface area contributed by atoms with Gasteiger partial charge in [0.15, 0.2) is 0 Å². The van der Waals surface area contributed by atoms with E-state index in [0.717, 1.165) is 38.5 Å². The number of allylic oxidation sites excluding steroid dienone is 1. The van der Waals surface area contributed by atoms with Crippen molar-refractivity contribution in [2.75, 3.05) is 0 Å². The minimum absolute atomic E-state index is 0.180. The van der Waals surface area contributed by atoms with Crippen molar-refractivity contribution < 1.29 is 20.1 Å². The Morgan fingerprint density at radius 1 is 1.10 bits per heavy atom. The van der Waals surface area contributed by atoms with Crippen LogP contribution in [0.25, 0.3) is 0 Å². The van der Waals surface area contributed by atoms with Crippen LogP contribution in [-0.2, 0) is 4.79 Å². The van der Waals surface area contributed by atoms with Gasteiger partial charge in [-0.3, -0.25) is 4.79 Å². The molecule has 0 aromatic heterocycles. The molecule has 4 rings (SSSR count). The van der Waals surface area contributed by atoms with E-state index < -0.39 is 5.97 Å². The van der Waals surface area contributed by atoms with E-state index in [1.807, 2.05) is 0 Å². The summed E-state index contributed by atoms with van der Waals surface area (Å²) in [6.07, 6.45) is 9.99. The van der Waals surface area contributed by atoms with Crippen molar-refractivity contribution in [1.29, 1.82) is 0 Å². The fraction of sp³-hybridized carbons (Fsp3) is 0.885. The van der Waals surface area contributed by atoms with Gasteiger partial charge in [0.25, 0.3) is 0 Å². The van der Waals surface area contributed by atoms with E-state index in [-0.39, 0.29) is 29.5 Å². The molecule has 4 fully saturated rings. The predicted molar refractivity (Wildman–Crippen MR) is 118 cm³/mol. The van der Waals surface area contributed by atoms with Gasteiger partial charge in [-0.2, -0.15) is 0 Å². The Morgan fingerprint density at radius 3 is 2.43 bits per heavy atom. The maximum atomic E-state index is 11.6. The Kier molecular flexibility index (Phi) is 5.89. The number of aliphatic hydroxyl groups is 2. The minimum Gasteiger partial charge on any atom is -0.481 e. The van der Waals surface area contributed by atoms with Gasteiger partial charge in [0.05, 0.1) is 12.2 Å². The Bertz CT molecular complexity index is 701. The molecule has 3 N–H and O–H groups in total. The standard InChI is InChI=1S/C26H42O4/c1-5-17-21-14-16(27)10-12-26(21,4)20-11-13-25(3)18(15(2)6-9-22(28)29)7-8-19(25)23(20)24(17)30/h5,15-16,18-21,23-24,27,30H,6-14H2,1-4H3,(H,28,29)/t15-,16-,18-,19+,20+,21+,23+,24+,25-,26-/m1/s1. The fourth-order valence-electron chi connectivity index (χ4n) is 9.00. The lowest BCUT2D eigenvalue weighted by molar-refractivity contribution is -0.147. The summed E-state index contributed by atoms with van der Waals surface area (Å²) >= 11 is 0. The van der Waals surface area contributed by atoms with Crippen LogP contribution in [-0.4, -0.2) is 33.5 Å². The van der Waals surface area contributed by atoms with Gasteiger partial charge in [0.1, 0.15) is 0 Å². The predicted octanol–water partition coefficient (Wildman–Crippen LogP) is 5.03. The lowest BCUT2D eigenvalue weighted by Crippen LogP contribution is -2.59. The highest BCUT2D eigenvalue weighted by atomic mass is 16.4. The molecule has 4 nitrogen and oxygen atoms in total. The zero-order chi connectivity index (χ0) is 21.8. The van der Waals surface area contributed by atoms with Gasteiger partial charge in [-0.15, -0.1) is 0 Å². The molecule has 0 aromatic rings. The van der Waals surface area contributed by atoms with Crippen molar-refractivity contribution in [3.05, 3.63) is 11.6 Å². The van der Waals surface area contributed by atoms with Crippen LogP contribution >= 0.6 is 0 Å². The second-order valence-electron chi connectivity index (χ2n) is 11.6. The maximum Gasteiger partial charge on any atom is 0.303 e. The van der Waals surface area contributed by atoms with E-state index in [2.05, 4.69) is 33.8 Å². The van der Waals surface area contributed by atoms with Crippen molar-refractivity contribution in [3.63, 3.8) is 0 Å². The molecule has 0 radical (unpaired) electrons. The number of hydrogen-bond donors (Lipinski definition) is 3. The molecule has 0 unspecified atom stereocenters. The Labute approximate surface area is 182 Å². The molecule has 10 atom stereocenters. The molecule has 0 spiro atoms. The maximum absolute atomic E-state index is 11.6. The molecule has 0 saturated heterocycles. The summed E-state index contributed by atoms with van der Waals surface area (Å²) in [6.45, 7) is 9.21.